The second-order valence-electron chi connectivity index (χ2n) is 4.55. The quantitative estimate of drug-likeness (QED) is 0.397. The summed E-state index contributed by atoms with van der Waals surface area (Å²) in [5, 5.41) is 12.2. The van der Waals surface area contributed by atoms with E-state index in [4.69, 9.17) is 8.76 Å². The average Bonchev–Trinajstić information content (AvgIpc) is 2.44. The monoisotopic (exact) mass is 282 g/mol. The summed E-state index contributed by atoms with van der Waals surface area (Å²) in [5.74, 6) is 0. The Morgan fingerprint density at radius 1 is 0.700 bits per heavy atom. The van der Waals surface area contributed by atoms with Gasteiger partial charge in [-0.3, -0.25) is 9.35 Å². The lowest BCUT2D eigenvalue weighted by atomic mass is 9.95. The SMILES string of the molecule is NS(=O)[O-].c1cc2ccc3cccc4ccc(c1)c2c34. The van der Waals surface area contributed by atoms with Crippen molar-refractivity contribution in [2.45, 2.75) is 0 Å². The second-order valence-corrected chi connectivity index (χ2v) is 5.07. The van der Waals surface area contributed by atoms with Crippen molar-refractivity contribution in [2.24, 2.45) is 5.14 Å². The minimum absolute atomic E-state index is 1.34. The van der Waals surface area contributed by atoms with Crippen LogP contribution in [0, 0.1) is 0 Å². The molecule has 0 fully saturated rings. The number of nitrogens with two attached hydrogens (primary N) is 1. The van der Waals surface area contributed by atoms with Crippen LogP contribution in [-0.2, 0) is 11.3 Å². The van der Waals surface area contributed by atoms with Crippen molar-refractivity contribution < 1.29 is 8.76 Å². The van der Waals surface area contributed by atoms with Crippen molar-refractivity contribution in [3.05, 3.63) is 60.7 Å². The van der Waals surface area contributed by atoms with E-state index in [1.807, 2.05) is 0 Å². The Kier molecular flexibility index (Phi) is 3.36. The molecule has 4 rings (SSSR count). The van der Waals surface area contributed by atoms with Crippen molar-refractivity contribution in [3.63, 3.8) is 0 Å². The zero-order valence-corrected chi connectivity index (χ0v) is 11.4. The Morgan fingerprint density at radius 2 is 0.950 bits per heavy atom. The van der Waals surface area contributed by atoms with Crippen LogP contribution in [0.4, 0.5) is 0 Å². The zero-order chi connectivity index (χ0) is 14.1. The third-order valence-electron chi connectivity index (χ3n) is 3.39. The maximum absolute atomic E-state index is 8.78. The van der Waals surface area contributed by atoms with Gasteiger partial charge in [0.15, 0.2) is 0 Å². The summed E-state index contributed by atoms with van der Waals surface area (Å²) in [7, 11) is 0. The largest absolute Gasteiger partial charge is 0.760 e. The highest BCUT2D eigenvalue weighted by molar-refractivity contribution is 7.76. The van der Waals surface area contributed by atoms with Gasteiger partial charge in [-0.1, -0.05) is 60.7 Å². The first-order valence-corrected chi connectivity index (χ1v) is 7.27. The van der Waals surface area contributed by atoms with E-state index in [-0.39, 0.29) is 0 Å². The van der Waals surface area contributed by atoms with Gasteiger partial charge in [-0.2, -0.15) is 0 Å². The van der Waals surface area contributed by atoms with E-state index in [2.05, 4.69) is 65.8 Å². The highest BCUT2D eigenvalue weighted by Gasteiger charge is 2.05. The molecule has 0 aliphatic heterocycles. The fourth-order valence-corrected chi connectivity index (χ4v) is 2.67. The van der Waals surface area contributed by atoms with Gasteiger partial charge in [-0.15, -0.1) is 0 Å². The molecule has 4 aromatic carbocycles. The van der Waals surface area contributed by atoms with Crippen LogP contribution in [-0.4, -0.2) is 8.76 Å². The van der Waals surface area contributed by atoms with Crippen molar-refractivity contribution in [3.8, 4) is 0 Å². The van der Waals surface area contributed by atoms with E-state index >= 15 is 0 Å². The molecule has 0 radical (unpaired) electrons. The smallest absolute Gasteiger partial charge is 0.0152 e. The lowest BCUT2D eigenvalue weighted by molar-refractivity contribution is 0.539. The first-order chi connectivity index (χ1) is 9.66. The summed E-state index contributed by atoms with van der Waals surface area (Å²) in [5.41, 5.74) is 0. The van der Waals surface area contributed by atoms with Crippen LogP contribution >= 0.6 is 0 Å². The minimum Gasteiger partial charge on any atom is -0.760 e. The molecule has 20 heavy (non-hydrogen) atoms. The third kappa shape index (κ3) is 2.25. The molecular weight excluding hydrogens is 270 g/mol. The molecule has 0 aliphatic carbocycles. The molecule has 4 aromatic rings. The first kappa shape index (κ1) is 13.0. The van der Waals surface area contributed by atoms with Crippen LogP contribution in [0.25, 0.3) is 32.3 Å². The molecule has 0 aromatic heterocycles. The third-order valence-corrected chi connectivity index (χ3v) is 3.39. The predicted molar refractivity (Wildman–Crippen MR) is 83.3 cm³/mol. The van der Waals surface area contributed by atoms with Gasteiger partial charge in [0.2, 0.25) is 0 Å². The van der Waals surface area contributed by atoms with E-state index < -0.39 is 11.3 Å². The summed E-state index contributed by atoms with van der Waals surface area (Å²) in [6.07, 6.45) is 0. The average molecular weight is 282 g/mol. The maximum Gasteiger partial charge on any atom is 0.0152 e. The Morgan fingerprint density at radius 3 is 1.20 bits per heavy atom. The first-order valence-electron chi connectivity index (χ1n) is 6.13. The fourth-order valence-electron chi connectivity index (χ4n) is 2.67. The van der Waals surface area contributed by atoms with Gasteiger partial charge in [0.05, 0.1) is 0 Å². The molecule has 0 amide bonds. The fraction of sp³-hybridized carbons (Fsp3) is 0. The van der Waals surface area contributed by atoms with Crippen LogP contribution in [0.5, 0.6) is 0 Å². The highest BCUT2D eigenvalue weighted by atomic mass is 32.2. The minimum atomic E-state index is -2.36. The van der Waals surface area contributed by atoms with Gasteiger partial charge in [-0.05, 0) is 32.3 Å². The number of hydrogen-bond acceptors (Lipinski definition) is 2. The maximum atomic E-state index is 8.78. The molecule has 0 spiro atoms. The van der Waals surface area contributed by atoms with Gasteiger partial charge >= 0.3 is 0 Å². The second kappa shape index (κ2) is 5.17. The molecule has 0 bridgehead atoms. The van der Waals surface area contributed by atoms with Crippen molar-refractivity contribution in [1.29, 1.82) is 0 Å². The molecule has 3 nitrogen and oxygen atoms in total. The van der Waals surface area contributed by atoms with Crippen LogP contribution in [0.2, 0.25) is 0 Å². The Labute approximate surface area is 118 Å². The molecule has 100 valence electrons. The summed E-state index contributed by atoms with van der Waals surface area (Å²) >= 11 is -2.36. The molecule has 1 atom stereocenters. The molecule has 0 saturated carbocycles. The summed E-state index contributed by atoms with van der Waals surface area (Å²) < 4.78 is 17.6. The molecular formula is C16H12NO2S-. The van der Waals surface area contributed by atoms with Crippen LogP contribution in [0.15, 0.2) is 60.7 Å². The lowest BCUT2D eigenvalue weighted by Crippen LogP contribution is -1.97. The van der Waals surface area contributed by atoms with Gasteiger partial charge in [-0.25, -0.2) is 0 Å². The van der Waals surface area contributed by atoms with Crippen LogP contribution in [0.3, 0.4) is 0 Å². The predicted octanol–water partition coefficient (Wildman–Crippen LogP) is 3.32. The number of hydrogen-bond donors (Lipinski definition) is 1. The number of benzene rings is 4. The van der Waals surface area contributed by atoms with Gasteiger partial charge in [0.1, 0.15) is 0 Å². The van der Waals surface area contributed by atoms with Crippen LogP contribution in [0.1, 0.15) is 0 Å². The zero-order valence-electron chi connectivity index (χ0n) is 10.6. The van der Waals surface area contributed by atoms with Gasteiger partial charge in [0.25, 0.3) is 0 Å². The van der Waals surface area contributed by atoms with Crippen LogP contribution < -0.4 is 5.14 Å². The topological polar surface area (TPSA) is 66.2 Å². The Balaban J connectivity index is 0.000000272. The van der Waals surface area contributed by atoms with Crippen molar-refractivity contribution in [2.75, 3.05) is 0 Å². The molecule has 2 N–H and O–H groups in total. The van der Waals surface area contributed by atoms with E-state index in [0.717, 1.165) is 0 Å². The van der Waals surface area contributed by atoms with Crippen molar-refractivity contribution >= 4 is 43.6 Å². The summed E-state index contributed by atoms with van der Waals surface area (Å²) in [6, 6.07) is 21.9. The standard InChI is InChI=1S/C16H10.H3NO2S/c1-3-11-7-9-13-5-2-6-14-10-8-12(4-1)15(11)16(13)14;1-4(2)3/h1-10H;1H2,(H,2,3)/p-1. The summed E-state index contributed by atoms with van der Waals surface area (Å²) in [6.45, 7) is 0. The molecule has 4 heteroatoms. The van der Waals surface area contributed by atoms with Crippen molar-refractivity contribution in [1.82, 2.24) is 0 Å². The van der Waals surface area contributed by atoms with Gasteiger partial charge in [0, 0.05) is 11.3 Å². The molecule has 0 saturated heterocycles. The lowest BCUT2D eigenvalue weighted by Gasteiger charge is -2.09. The highest BCUT2D eigenvalue weighted by Crippen LogP contribution is 2.33. The molecule has 0 heterocycles. The Hall–Kier alpha value is -2.01. The normalized spacial score (nSPS) is 12.5. The van der Waals surface area contributed by atoms with Gasteiger partial charge < -0.3 is 4.55 Å². The number of rotatable bonds is 0. The Bertz CT molecular complexity index is 771. The van der Waals surface area contributed by atoms with E-state index in [0.29, 0.717) is 0 Å². The van der Waals surface area contributed by atoms with E-state index in [9.17, 15) is 0 Å². The van der Waals surface area contributed by atoms with E-state index in [1.165, 1.54) is 32.3 Å². The van der Waals surface area contributed by atoms with E-state index in [1.54, 1.807) is 0 Å². The molecule has 0 aliphatic rings. The molecule has 1 unspecified atom stereocenters. The summed E-state index contributed by atoms with van der Waals surface area (Å²) in [4.78, 5) is 0.